The van der Waals surface area contributed by atoms with Crippen LogP contribution in [0, 0.1) is 0 Å². The Morgan fingerprint density at radius 2 is 1.31 bits per heavy atom. The maximum absolute atomic E-state index is 3.79. The second kappa shape index (κ2) is 7.35. The van der Waals surface area contributed by atoms with E-state index in [1.165, 1.54) is 47.8 Å². The fraction of sp³-hybridized carbons (Fsp3) is 0.267. The van der Waals surface area contributed by atoms with Crippen LogP contribution in [0.1, 0.15) is 52.7 Å². The molecule has 0 atom stereocenters. The number of anilines is 2. The first-order valence-electron chi connectivity index (χ1n) is 11.4. The Morgan fingerprint density at radius 1 is 0.656 bits per heavy atom. The average molecular weight is 438 g/mol. The van der Waals surface area contributed by atoms with Crippen LogP contribution in [0.2, 0.25) is 0 Å². The number of hydrogen-bond donors (Lipinski definition) is 1. The third kappa shape index (κ3) is 3.67. The van der Waals surface area contributed by atoms with Crippen molar-refractivity contribution in [1.29, 1.82) is 0 Å². The minimum Gasteiger partial charge on any atom is -0.354 e. The van der Waals surface area contributed by atoms with Crippen molar-refractivity contribution in [3.05, 3.63) is 83.9 Å². The number of rotatable bonds is 2. The highest BCUT2D eigenvalue weighted by Gasteiger charge is 2.21. The van der Waals surface area contributed by atoms with Gasteiger partial charge in [-0.3, -0.25) is 0 Å². The number of thiophene rings is 1. The van der Waals surface area contributed by atoms with Crippen molar-refractivity contribution in [2.75, 3.05) is 5.32 Å². The summed E-state index contributed by atoms with van der Waals surface area (Å²) < 4.78 is 2.66. The summed E-state index contributed by atoms with van der Waals surface area (Å²) in [5, 5.41) is 9.11. The van der Waals surface area contributed by atoms with Crippen LogP contribution < -0.4 is 5.32 Å². The lowest BCUT2D eigenvalue weighted by atomic mass is 9.80. The van der Waals surface area contributed by atoms with Gasteiger partial charge in [-0.25, -0.2) is 0 Å². The summed E-state index contributed by atoms with van der Waals surface area (Å²) in [6, 6.07) is 26.9. The molecule has 1 N–H and O–H groups in total. The normalized spacial score (nSPS) is 12.7. The topological polar surface area (TPSA) is 12.0 Å². The standard InChI is InChI=1S/C30H31NS/c1-29(2,3)20-16-21(30(4,5)6)18-22(17-20)31-25-13-9-12-24-27-23-11-8-7-10-19(23)14-15-26(27)32-28(24)25/h7-18,31H,1-6H3. The zero-order valence-electron chi connectivity index (χ0n) is 19.8. The van der Waals surface area contributed by atoms with E-state index in [9.17, 15) is 0 Å². The summed E-state index contributed by atoms with van der Waals surface area (Å²) in [6.07, 6.45) is 0. The van der Waals surface area contributed by atoms with Crippen LogP contribution in [-0.2, 0) is 10.8 Å². The van der Waals surface area contributed by atoms with Crippen LogP contribution in [0.25, 0.3) is 30.9 Å². The molecule has 1 nitrogen and oxygen atoms in total. The van der Waals surface area contributed by atoms with E-state index in [1.807, 2.05) is 11.3 Å². The van der Waals surface area contributed by atoms with Gasteiger partial charge in [0, 0.05) is 21.2 Å². The van der Waals surface area contributed by atoms with Crippen LogP contribution in [0.15, 0.2) is 72.8 Å². The van der Waals surface area contributed by atoms with Crippen LogP contribution in [-0.4, -0.2) is 0 Å². The van der Waals surface area contributed by atoms with Crippen molar-refractivity contribution in [3.8, 4) is 0 Å². The van der Waals surface area contributed by atoms with Gasteiger partial charge >= 0.3 is 0 Å². The molecule has 4 aromatic carbocycles. The maximum atomic E-state index is 3.79. The molecule has 0 aliphatic carbocycles. The highest BCUT2D eigenvalue weighted by atomic mass is 32.1. The van der Waals surface area contributed by atoms with E-state index in [2.05, 4.69) is 120 Å². The molecule has 5 rings (SSSR count). The quantitative estimate of drug-likeness (QED) is 0.290. The summed E-state index contributed by atoms with van der Waals surface area (Å²) in [7, 11) is 0. The maximum Gasteiger partial charge on any atom is 0.0590 e. The highest BCUT2D eigenvalue weighted by molar-refractivity contribution is 7.26. The Kier molecular flexibility index (Phi) is 4.83. The van der Waals surface area contributed by atoms with Crippen LogP contribution in [0.3, 0.4) is 0 Å². The molecule has 1 aromatic heterocycles. The monoisotopic (exact) mass is 437 g/mol. The van der Waals surface area contributed by atoms with Crippen LogP contribution >= 0.6 is 11.3 Å². The molecule has 0 fully saturated rings. The van der Waals surface area contributed by atoms with E-state index in [4.69, 9.17) is 0 Å². The Morgan fingerprint density at radius 3 is 2.00 bits per heavy atom. The Bertz CT molecular complexity index is 1430. The van der Waals surface area contributed by atoms with Crippen molar-refractivity contribution in [2.45, 2.75) is 52.4 Å². The summed E-state index contributed by atoms with van der Waals surface area (Å²) >= 11 is 1.88. The Balaban J connectivity index is 1.69. The zero-order valence-corrected chi connectivity index (χ0v) is 20.7. The zero-order chi connectivity index (χ0) is 22.7. The van der Waals surface area contributed by atoms with Gasteiger partial charge in [-0.2, -0.15) is 0 Å². The van der Waals surface area contributed by atoms with Crippen LogP contribution in [0.5, 0.6) is 0 Å². The third-order valence-electron chi connectivity index (χ3n) is 6.33. The molecule has 0 unspecified atom stereocenters. The first-order valence-corrected chi connectivity index (χ1v) is 12.2. The Hall–Kier alpha value is -2.84. The lowest BCUT2D eigenvalue weighted by Gasteiger charge is -2.26. The predicted octanol–water partition coefficient (Wildman–Crippen LogP) is 9.55. The molecule has 0 saturated carbocycles. The van der Waals surface area contributed by atoms with E-state index in [0.717, 1.165) is 5.69 Å². The minimum absolute atomic E-state index is 0.0974. The van der Waals surface area contributed by atoms with Gasteiger partial charge < -0.3 is 5.32 Å². The van der Waals surface area contributed by atoms with Crippen molar-refractivity contribution >= 4 is 53.7 Å². The summed E-state index contributed by atoms with van der Waals surface area (Å²) in [6.45, 7) is 13.7. The Labute approximate surface area is 195 Å². The van der Waals surface area contributed by atoms with Gasteiger partial charge in [-0.15, -0.1) is 11.3 Å². The van der Waals surface area contributed by atoms with E-state index >= 15 is 0 Å². The first-order chi connectivity index (χ1) is 15.1. The van der Waals surface area contributed by atoms with Gasteiger partial charge in [0.1, 0.15) is 0 Å². The molecule has 162 valence electrons. The van der Waals surface area contributed by atoms with Gasteiger partial charge in [0.25, 0.3) is 0 Å². The lowest BCUT2D eigenvalue weighted by Crippen LogP contribution is -2.16. The van der Waals surface area contributed by atoms with E-state index in [-0.39, 0.29) is 10.8 Å². The third-order valence-corrected chi connectivity index (χ3v) is 7.54. The molecular weight excluding hydrogens is 406 g/mol. The van der Waals surface area contributed by atoms with Gasteiger partial charge in [-0.05, 0) is 57.0 Å². The SMILES string of the molecule is CC(C)(C)c1cc(Nc2cccc3c2sc2ccc4ccccc4c23)cc(C(C)(C)C)c1. The largest absolute Gasteiger partial charge is 0.354 e. The summed E-state index contributed by atoms with van der Waals surface area (Å²) in [5.74, 6) is 0. The van der Waals surface area contributed by atoms with Crippen molar-refractivity contribution < 1.29 is 0 Å². The van der Waals surface area contributed by atoms with Crippen molar-refractivity contribution in [2.24, 2.45) is 0 Å². The molecule has 0 radical (unpaired) electrons. The van der Waals surface area contributed by atoms with E-state index in [0.29, 0.717) is 0 Å². The fourth-order valence-electron chi connectivity index (χ4n) is 4.39. The highest BCUT2D eigenvalue weighted by Crippen LogP contribution is 2.42. The molecule has 32 heavy (non-hydrogen) atoms. The smallest absolute Gasteiger partial charge is 0.0590 e. The first kappa shape index (κ1) is 21.0. The van der Waals surface area contributed by atoms with Gasteiger partial charge in [0.05, 0.1) is 10.4 Å². The molecule has 0 spiro atoms. The van der Waals surface area contributed by atoms with Crippen molar-refractivity contribution in [3.63, 3.8) is 0 Å². The molecule has 1 heterocycles. The van der Waals surface area contributed by atoms with Gasteiger partial charge in [0.2, 0.25) is 0 Å². The van der Waals surface area contributed by atoms with E-state index in [1.54, 1.807) is 0 Å². The molecule has 0 saturated heterocycles. The molecule has 2 heteroatoms. The number of nitrogens with one attached hydrogen (secondary N) is 1. The van der Waals surface area contributed by atoms with Gasteiger partial charge in [0.15, 0.2) is 0 Å². The number of benzene rings is 4. The van der Waals surface area contributed by atoms with Crippen molar-refractivity contribution in [1.82, 2.24) is 0 Å². The molecule has 0 aliphatic heterocycles. The second-order valence-electron chi connectivity index (χ2n) is 10.9. The summed E-state index contributed by atoms with van der Waals surface area (Å²) in [5.41, 5.74) is 5.26. The number of hydrogen-bond acceptors (Lipinski definition) is 2. The molecule has 0 aliphatic rings. The minimum atomic E-state index is 0.0974. The molecular formula is C30H31NS. The summed E-state index contributed by atoms with van der Waals surface area (Å²) in [4.78, 5) is 0. The predicted molar refractivity (Wildman–Crippen MR) is 144 cm³/mol. The van der Waals surface area contributed by atoms with E-state index < -0.39 is 0 Å². The average Bonchev–Trinajstić information content (AvgIpc) is 3.12. The molecule has 0 bridgehead atoms. The lowest BCUT2D eigenvalue weighted by molar-refractivity contribution is 0.569. The molecule has 0 amide bonds. The second-order valence-corrected chi connectivity index (χ2v) is 11.9. The number of fused-ring (bicyclic) bond motifs is 5. The molecule has 5 aromatic rings. The van der Waals surface area contributed by atoms with Gasteiger partial charge in [-0.1, -0.05) is 90.1 Å². The van der Waals surface area contributed by atoms with Crippen LogP contribution in [0.4, 0.5) is 11.4 Å². The fourth-order valence-corrected chi connectivity index (χ4v) is 5.57.